The van der Waals surface area contributed by atoms with Gasteiger partial charge in [-0.05, 0) is 42.7 Å². The van der Waals surface area contributed by atoms with E-state index in [1.165, 1.54) is 34.3 Å². The van der Waals surface area contributed by atoms with E-state index in [2.05, 4.69) is 81.6 Å². The molecule has 1 N–H and O–H groups in total. The van der Waals surface area contributed by atoms with Crippen molar-refractivity contribution < 1.29 is 0 Å². The predicted molar refractivity (Wildman–Crippen MR) is 92.6 cm³/mol. The molecule has 2 nitrogen and oxygen atoms in total. The van der Waals surface area contributed by atoms with E-state index in [4.69, 9.17) is 0 Å². The van der Waals surface area contributed by atoms with Gasteiger partial charge >= 0.3 is 0 Å². The highest BCUT2D eigenvalue weighted by Gasteiger charge is 2.22. The SMILES string of the molecule is Cc1cc(NC2CCN(Cc3ccccc3)C2)ccc1Br. The first-order chi connectivity index (χ1) is 10.2. The minimum atomic E-state index is 0.550. The maximum atomic E-state index is 3.66. The van der Waals surface area contributed by atoms with Gasteiger partial charge in [0.15, 0.2) is 0 Å². The lowest BCUT2D eigenvalue weighted by atomic mass is 10.2. The first kappa shape index (κ1) is 14.6. The minimum absolute atomic E-state index is 0.550. The van der Waals surface area contributed by atoms with Crippen molar-refractivity contribution in [3.05, 3.63) is 64.1 Å². The highest BCUT2D eigenvalue weighted by atomic mass is 79.9. The van der Waals surface area contributed by atoms with Gasteiger partial charge in [-0.25, -0.2) is 0 Å². The summed E-state index contributed by atoms with van der Waals surface area (Å²) >= 11 is 3.55. The van der Waals surface area contributed by atoms with Gasteiger partial charge in [-0.2, -0.15) is 0 Å². The molecule has 1 atom stereocenters. The molecule has 0 bridgehead atoms. The number of hydrogen-bond donors (Lipinski definition) is 1. The highest BCUT2D eigenvalue weighted by Crippen LogP contribution is 2.22. The van der Waals surface area contributed by atoms with Crippen molar-refractivity contribution in [3.63, 3.8) is 0 Å². The van der Waals surface area contributed by atoms with Gasteiger partial charge in [0.1, 0.15) is 0 Å². The summed E-state index contributed by atoms with van der Waals surface area (Å²) in [7, 11) is 0. The van der Waals surface area contributed by atoms with Crippen molar-refractivity contribution in [1.82, 2.24) is 4.90 Å². The van der Waals surface area contributed by atoms with Crippen molar-refractivity contribution in [3.8, 4) is 0 Å². The van der Waals surface area contributed by atoms with Gasteiger partial charge in [0.05, 0.1) is 0 Å². The van der Waals surface area contributed by atoms with Crippen LogP contribution in [-0.2, 0) is 6.54 Å². The van der Waals surface area contributed by atoms with Gasteiger partial charge < -0.3 is 5.32 Å². The van der Waals surface area contributed by atoms with Crippen LogP contribution in [0.2, 0.25) is 0 Å². The Balaban J connectivity index is 1.56. The first-order valence-corrected chi connectivity index (χ1v) is 8.29. The Kier molecular flexibility index (Phi) is 4.61. The molecule has 1 aliphatic heterocycles. The van der Waals surface area contributed by atoms with Crippen LogP contribution in [0.3, 0.4) is 0 Å². The van der Waals surface area contributed by atoms with Gasteiger partial charge in [0.25, 0.3) is 0 Å². The standard InChI is InChI=1S/C18H21BrN2/c1-14-11-16(7-8-18(14)19)20-17-9-10-21(13-17)12-15-5-3-2-4-6-15/h2-8,11,17,20H,9-10,12-13H2,1H3. The van der Waals surface area contributed by atoms with Crippen molar-refractivity contribution in [1.29, 1.82) is 0 Å². The van der Waals surface area contributed by atoms with E-state index in [1.807, 2.05) is 0 Å². The molecule has 110 valence electrons. The quantitative estimate of drug-likeness (QED) is 0.881. The van der Waals surface area contributed by atoms with Crippen molar-refractivity contribution >= 4 is 21.6 Å². The van der Waals surface area contributed by atoms with Crippen LogP contribution in [0.1, 0.15) is 17.5 Å². The summed E-state index contributed by atoms with van der Waals surface area (Å²) in [4.78, 5) is 2.53. The Bertz CT molecular complexity index is 597. The summed E-state index contributed by atoms with van der Waals surface area (Å²) in [6.07, 6.45) is 1.21. The van der Waals surface area contributed by atoms with Crippen molar-refractivity contribution in [2.45, 2.75) is 25.9 Å². The van der Waals surface area contributed by atoms with E-state index in [9.17, 15) is 0 Å². The molecule has 0 saturated carbocycles. The summed E-state index contributed by atoms with van der Waals surface area (Å²) in [6, 6.07) is 17.8. The number of nitrogens with one attached hydrogen (secondary N) is 1. The third-order valence-corrected chi connectivity index (χ3v) is 4.94. The van der Waals surface area contributed by atoms with E-state index < -0.39 is 0 Å². The summed E-state index contributed by atoms with van der Waals surface area (Å²) in [5, 5.41) is 3.66. The zero-order valence-electron chi connectivity index (χ0n) is 12.3. The number of rotatable bonds is 4. The Morgan fingerprint density at radius 3 is 2.76 bits per heavy atom. The van der Waals surface area contributed by atoms with Crippen LogP contribution in [-0.4, -0.2) is 24.0 Å². The predicted octanol–water partition coefficient (Wildman–Crippen LogP) is 4.44. The topological polar surface area (TPSA) is 15.3 Å². The maximum absolute atomic E-state index is 3.66. The molecule has 0 amide bonds. The first-order valence-electron chi connectivity index (χ1n) is 7.50. The van der Waals surface area contributed by atoms with Crippen LogP contribution >= 0.6 is 15.9 Å². The van der Waals surface area contributed by atoms with Gasteiger partial charge in [-0.3, -0.25) is 4.90 Å². The molecule has 3 rings (SSSR count). The number of anilines is 1. The fourth-order valence-corrected chi connectivity index (χ4v) is 3.15. The van der Waals surface area contributed by atoms with Crippen LogP contribution < -0.4 is 5.32 Å². The molecule has 0 aromatic heterocycles. The molecule has 1 unspecified atom stereocenters. The molecule has 0 radical (unpaired) electrons. The van der Waals surface area contributed by atoms with E-state index >= 15 is 0 Å². The lowest BCUT2D eigenvalue weighted by molar-refractivity contribution is 0.328. The molecule has 1 saturated heterocycles. The van der Waals surface area contributed by atoms with Crippen LogP contribution in [0.4, 0.5) is 5.69 Å². The average molecular weight is 345 g/mol. The molecule has 1 aliphatic rings. The molecule has 2 aromatic carbocycles. The van der Waals surface area contributed by atoms with E-state index in [0.717, 1.165) is 13.1 Å². The highest BCUT2D eigenvalue weighted by molar-refractivity contribution is 9.10. The second-order valence-electron chi connectivity index (χ2n) is 5.81. The number of aryl methyl sites for hydroxylation is 1. The summed E-state index contributed by atoms with van der Waals surface area (Å²) in [6.45, 7) is 5.47. The Morgan fingerprint density at radius 2 is 2.00 bits per heavy atom. The molecular formula is C18H21BrN2. The number of hydrogen-bond acceptors (Lipinski definition) is 2. The monoisotopic (exact) mass is 344 g/mol. The molecule has 2 aromatic rings. The molecule has 0 spiro atoms. The lowest BCUT2D eigenvalue weighted by Gasteiger charge is -2.18. The number of halogens is 1. The summed E-state index contributed by atoms with van der Waals surface area (Å²) < 4.78 is 1.17. The zero-order valence-corrected chi connectivity index (χ0v) is 13.9. The van der Waals surface area contributed by atoms with Crippen LogP contribution in [0.15, 0.2) is 53.0 Å². The number of likely N-dealkylation sites (tertiary alicyclic amines) is 1. The Labute approximate surface area is 135 Å². The zero-order chi connectivity index (χ0) is 14.7. The van der Waals surface area contributed by atoms with Gasteiger partial charge in [0, 0.05) is 35.8 Å². The smallest absolute Gasteiger partial charge is 0.0400 e. The molecular weight excluding hydrogens is 324 g/mol. The molecule has 1 heterocycles. The van der Waals surface area contributed by atoms with Gasteiger partial charge in [-0.15, -0.1) is 0 Å². The number of benzene rings is 2. The maximum Gasteiger partial charge on any atom is 0.0400 e. The van der Waals surface area contributed by atoms with E-state index in [-0.39, 0.29) is 0 Å². The molecule has 1 fully saturated rings. The fraction of sp³-hybridized carbons (Fsp3) is 0.333. The van der Waals surface area contributed by atoms with Crippen molar-refractivity contribution in [2.24, 2.45) is 0 Å². The second-order valence-corrected chi connectivity index (χ2v) is 6.67. The number of nitrogens with zero attached hydrogens (tertiary/aromatic N) is 1. The second kappa shape index (κ2) is 6.63. The Morgan fingerprint density at radius 1 is 1.19 bits per heavy atom. The van der Waals surface area contributed by atoms with Crippen molar-refractivity contribution in [2.75, 3.05) is 18.4 Å². The van der Waals surface area contributed by atoms with Crippen LogP contribution in [0, 0.1) is 6.92 Å². The van der Waals surface area contributed by atoms with E-state index in [0.29, 0.717) is 6.04 Å². The molecule has 0 aliphatic carbocycles. The third-order valence-electron chi connectivity index (χ3n) is 4.05. The third kappa shape index (κ3) is 3.86. The normalized spacial score (nSPS) is 18.9. The van der Waals surface area contributed by atoms with E-state index in [1.54, 1.807) is 0 Å². The average Bonchev–Trinajstić information content (AvgIpc) is 2.91. The summed E-state index contributed by atoms with van der Waals surface area (Å²) in [5.41, 5.74) is 3.90. The van der Waals surface area contributed by atoms with Gasteiger partial charge in [0.2, 0.25) is 0 Å². The largest absolute Gasteiger partial charge is 0.381 e. The minimum Gasteiger partial charge on any atom is -0.381 e. The molecule has 3 heteroatoms. The van der Waals surface area contributed by atoms with Crippen LogP contribution in [0.5, 0.6) is 0 Å². The lowest BCUT2D eigenvalue weighted by Crippen LogP contribution is -2.25. The van der Waals surface area contributed by atoms with Gasteiger partial charge in [-0.1, -0.05) is 46.3 Å². The summed E-state index contributed by atoms with van der Waals surface area (Å²) in [5.74, 6) is 0. The Hall–Kier alpha value is -1.32. The fourth-order valence-electron chi connectivity index (χ4n) is 2.91. The molecule has 21 heavy (non-hydrogen) atoms. The van der Waals surface area contributed by atoms with Crippen LogP contribution in [0.25, 0.3) is 0 Å².